The van der Waals surface area contributed by atoms with Crippen molar-refractivity contribution in [1.82, 2.24) is 5.43 Å². The number of hydrogen-bond acceptors (Lipinski definition) is 3. The van der Waals surface area contributed by atoms with E-state index in [0.717, 1.165) is 4.88 Å². The van der Waals surface area contributed by atoms with E-state index in [1.807, 2.05) is 19.1 Å². The van der Waals surface area contributed by atoms with E-state index < -0.39 is 6.03 Å². The second kappa shape index (κ2) is 3.87. The number of carbonyl (C=O) groups excluding carboxylic acids is 1. The summed E-state index contributed by atoms with van der Waals surface area (Å²) in [5.41, 5.74) is 6.92. The van der Waals surface area contributed by atoms with E-state index >= 15 is 0 Å². The van der Waals surface area contributed by atoms with Gasteiger partial charge in [0.25, 0.3) is 0 Å². The number of nitrogens with zero attached hydrogens (tertiary/aromatic N) is 1. The van der Waals surface area contributed by atoms with E-state index in [-0.39, 0.29) is 0 Å². The molecule has 0 aliphatic heterocycles. The average molecular weight is 183 g/mol. The minimum atomic E-state index is -0.653. The smallest absolute Gasteiger partial charge is 0.332 e. The lowest BCUT2D eigenvalue weighted by Gasteiger charge is -1.88. The monoisotopic (exact) mass is 183 g/mol. The molecule has 4 nitrogen and oxygen atoms in total. The van der Waals surface area contributed by atoms with Gasteiger partial charge in [0.15, 0.2) is 0 Å². The predicted molar refractivity (Wildman–Crippen MR) is 49.4 cm³/mol. The van der Waals surface area contributed by atoms with Gasteiger partial charge in [-0.25, -0.2) is 10.2 Å². The molecule has 0 aliphatic carbocycles. The second-order valence-electron chi connectivity index (χ2n) is 2.18. The first kappa shape index (κ1) is 8.73. The van der Waals surface area contributed by atoms with E-state index in [1.54, 1.807) is 17.6 Å². The first-order valence-corrected chi connectivity index (χ1v) is 4.15. The third kappa shape index (κ3) is 2.71. The summed E-state index contributed by atoms with van der Waals surface area (Å²) in [7, 11) is 0. The molecule has 0 aliphatic rings. The standard InChI is InChI=1S/C7H9N3OS/c1-5-2-3-6(12-5)4-9-10-7(8)11/h2-4H,1H3,(H3,8,10,11)/b9-4-. The van der Waals surface area contributed by atoms with Crippen LogP contribution in [0.15, 0.2) is 17.2 Å². The summed E-state index contributed by atoms with van der Waals surface area (Å²) < 4.78 is 0. The summed E-state index contributed by atoms with van der Waals surface area (Å²) in [4.78, 5) is 12.4. The Hall–Kier alpha value is -1.36. The molecule has 0 spiro atoms. The molecule has 0 fully saturated rings. The van der Waals surface area contributed by atoms with Crippen LogP contribution in [0.25, 0.3) is 0 Å². The van der Waals surface area contributed by atoms with Crippen LogP contribution >= 0.6 is 11.3 Å². The van der Waals surface area contributed by atoms with Crippen LogP contribution in [0.2, 0.25) is 0 Å². The van der Waals surface area contributed by atoms with Crippen molar-refractivity contribution in [3.8, 4) is 0 Å². The number of aryl methyl sites for hydroxylation is 1. The van der Waals surface area contributed by atoms with Crippen molar-refractivity contribution in [3.05, 3.63) is 21.9 Å². The van der Waals surface area contributed by atoms with Gasteiger partial charge in [-0.05, 0) is 19.1 Å². The number of amides is 2. The summed E-state index contributed by atoms with van der Waals surface area (Å²) in [5, 5.41) is 3.62. The van der Waals surface area contributed by atoms with Crippen molar-refractivity contribution in [2.24, 2.45) is 10.8 Å². The van der Waals surface area contributed by atoms with Gasteiger partial charge in [-0.3, -0.25) is 0 Å². The fourth-order valence-electron chi connectivity index (χ4n) is 0.682. The van der Waals surface area contributed by atoms with Crippen molar-refractivity contribution < 1.29 is 4.79 Å². The number of carbonyl (C=O) groups is 1. The van der Waals surface area contributed by atoms with Crippen LogP contribution in [0.1, 0.15) is 9.75 Å². The maximum absolute atomic E-state index is 10.2. The molecular weight excluding hydrogens is 174 g/mol. The number of primary amides is 1. The molecule has 0 radical (unpaired) electrons. The van der Waals surface area contributed by atoms with E-state index in [1.165, 1.54) is 4.88 Å². The Bertz CT molecular complexity index is 305. The molecule has 0 bridgehead atoms. The summed E-state index contributed by atoms with van der Waals surface area (Å²) in [6.45, 7) is 2.00. The van der Waals surface area contributed by atoms with Gasteiger partial charge >= 0.3 is 6.03 Å². The van der Waals surface area contributed by atoms with E-state index in [9.17, 15) is 4.79 Å². The number of nitrogens with two attached hydrogens (primary N) is 1. The van der Waals surface area contributed by atoms with Crippen molar-refractivity contribution in [2.75, 3.05) is 0 Å². The van der Waals surface area contributed by atoms with Crippen LogP contribution in [0, 0.1) is 6.92 Å². The first-order chi connectivity index (χ1) is 5.68. The molecule has 1 heterocycles. The molecular formula is C7H9N3OS. The fraction of sp³-hybridized carbons (Fsp3) is 0.143. The lowest BCUT2D eigenvalue weighted by molar-refractivity contribution is 0.249. The zero-order valence-electron chi connectivity index (χ0n) is 6.57. The highest BCUT2D eigenvalue weighted by atomic mass is 32.1. The Morgan fingerprint density at radius 1 is 1.75 bits per heavy atom. The average Bonchev–Trinajstić information content (AvgIpc) is 2.35. The minimum absolute atomic E-state index is 0.653. The molecule has 1 rings (SSSR count). The Morgan fingerprint density at radius 3 is 3.00 bits per heavy atom. The number of thiophene rings is 1. The van der Waals surface area contributed by atoms with Crippen LogP contribution in [-0.4, -0.2) is 12.2 Å². The van der Waals surface area contributed by atoms with Gasteiger partial charge in [-0.1, -0.05) is 0 Å². The molecule has 1 aromatic rings. The van der Waals surface area contributed by atoms with Crippen LogP contribution in [0.4, 0.5) is 4.79 Å². The van der Waals surface area contributed by atoms with Gasteiger partial charge < -0.3 is 5.73 Å². The quantitative estimate of drug-likeness (QED) is 0.522. The topological polar surface area (TPSA) is 67.5 Å². The lowest BCUT2D eigenvalue weighted by atomic mass is 10.4. The van der Waals surface area contributed by atoms with Crippen molar-refractivity contribution in [3.63, 3.8) is 0 Å². The van der Waals surface area contributed by atoms with Gasteiger partial charge in [0.05, 0.1) is 6.21 Å². The molecule has 1 aromatic heterocycles. The maximum Gasteiger partial charge on any atom is 0.332 e. The molecule has 3 N–H and O–H groups in total. The maximum atomic E-state index is 10.2. The van der Waals surface area contributed by atoms with Gasteiger partial charge in [0.2, 0.25) is 0 Å². The van der Waals surface area contributed by atoms with Crippen LogP contribution in [0.3, 0.4) is 0 Å². The van der Waals surface area contributed by atoms with Crippen LogP contribution in [-0.2, 0) is 0 Å². The number of hydrazone groups is 1. The van der Waals surface area contributed by atoms with Crippen molar-refractivity contribution in [2.45, 2.75) is 6.92 Å². The molecule has 0 atom stereocenters. The number of rotatable bonds is 2. The predicted octanol–water partition coefficient (Wildman–Crippen LogP) is 1.06. The Morgan fingerprint density at radius 2 is 2.50 bits per heavy atom. The lowest BCUT2D eigenvalue weighted by Crippen LogP contribution is -2.24. The Labute approximate surface area is 74.1 Å². The van der Waals surface area contributed by atoms with Crippen LogP contribution < -0.4 is 11.2 Å². The third-order valence-corrected chi connectivity index (χ3v) is 2.06. The van der Waals surface area contributed by atoms with Gasteiger partial charge in [0, 0.05) is 9.75 Å². The highest BCUT2D eigenvalue weighted by Crippen LogP contribution is 2.11. The number of nitrogens with one attached hydrogen (secondary N) is 1. The van der Waals surface area contributed by atoms with E-state index in [0.29, 0.717) is 0 Å². The second-order valence-corrected chi connectivity index (χ2v) is 3.50. The first-order valence-electron chi connectivity index (χ1n) is 3.33. The summed E-state index contributed by atoms with van der Waals surface area (Å²) in [6.07, 6.45) is 1.56. The van der Waals surface area contributed by atoms with E-state index in [4.69, 9.17) is 5.73 Å². The molecule has 0 unspecified atom stereocenters. The highest BCUT2D eigenvalue weighted by Gasteiger charge is 1.91. The normalized spacial score (nSPS) is 10.4. The Kier molecular flexibility index (Phi) is 2.82. The van der Waals surface area contributed by atoms with Gasteiger partial charge in [-0.2, -0.15) is 5.10 Å². The summed E-state index contributed by atoms with van der Waals surface area (Å²) in [5.74, 6) is 0. The summed E-state index contributed by atoms with van der Waals surface area (Å²) in [6, 6.07) is 3.25. The fourth-order valence-corrected chi connectivity index (χ4v) is 1.43. The molecule has 0 saturated heterocycles. The molecule has 64 valence electrons. The van der Waals surface area contributed by atoms with Gasteiger partial charge in [-0.15, -0.1) is 11.3 Å². The molecule has 0 saturated carbocycles. The van der Waals surface area contributed by atoms with Crippen molar-refractivity contribution in [1.29, 1.82) is 0 Å². The largest absolute Gasteiger partial charge is 0.350 e. The molecule has 2 amide bonds. The van der Waals surface area contributed by atoms with Gasteiger partial charge in [0.1, 0.15) is 0 Å². The third-order valence-electron chi connectivity index (χ3n) is 1.13. The van der Waals surface area contributed by atoms with E-state index in [2.05, 4.69) is 10.5 Å². The Balaban J connectivity index is 2.52. The SMILES string of the molecule is Cc1ccc(/C=N\NC(N)=O)s1. The summed E-state index contributed by atoms with van der Waals surface area (Å²) >= 11 is 1.60. The zero-order chi connectivity index (χ0) is 8.97. The zero-order valence-corrected chi connectivity index (χ0v) is 7.39. The molecule has 0 aromatic carbocycles. The van der Waals surface area contributed by atoms with Crippen molar-refractivity contribution >= 4 is 23.6 Å². The number of urea groups is 1. The minimum Gasteiger partial charge on any atom is -0.350 e. The number of hydrogen-bond donors (Lipinski definition) is 2. The highest BCUT2D eigenvalue weighted by molar-refractivity contribution is 7.13. The molecule has 12 heavy (non-hydrogen) atoms. The molecule has 5 heteroatoms. The van der Waals surface area contributed by atoms with Crippen LogP contribution in [0.5, 0.6) is 0 Å².